The first kappa shape index (κ1) is 12.7. The molecule has 0 bridgehead atoms. The summed E-state index contributed by atoms with van der Waals surface area (Å²) in [5.41, 5.74) is -0.180. The molecule has 1 rings (SSSR count). The van der Waals surface area contributed by atoms with Gasteiger partial charge in [-0.05, 0) is 31.7 Å². The Morgan fingerprint density at radius 1 is 1.50 bits per heavy atom. The molecule has 88 valence electrons. The van der Waals surface area contributed by atoms with Crippen LogP contribution in [0.3, 0.4) is 0 Å². The summed E-state index contributed by atoms with van der Waals surface area (Å²) in [6, 6.07) is 1.74. The monoisotopic (exact) mass is 241 g/mol. The molecule has 4 nitrogen and oxygen atoms in total. The maximum absolute atomic E-state index is 11.5. The van der Waals surface area contributed by atoms with Crippen LogP contribution >= 0.6 is 11.3 Å². The maximum atomic E-state index is 11.5. The van der Waals surface area contributed by atoms with Crippen LogP contribution in [0.1, 0.15) is 30.6 Å². The van der Waals surface area contributed by atoms with Crippen LogP contribution in [0.5, 0.6) is 0 Å². The van der Waals surface area contributed by atoms with Gasteiger partial charge in [-0.25, -0.2) is 0 Å². The number of rotatable bonds is 5. The average Bonchev–Trinajstić information content (AvgIpc) is 2.69. The van der Waals surface area contributed by atoms with Gasteiger partial charge in [0, 0.05) is 17.5 Å². The van der Waals surface area contributed by atoms with Crippen molar-refractivity contribution in [2.75, 3.05) is 6.54 Å². The second-order valence-corrected chi connectivity index (χ2v) is 4.99. The van der Waals surface area contributed by atoms with Gasteiger partial charge in [-0.2, -0.15) is 11.3 Å². The zero-order valence-corrected chi connectivity index (χ0v) is 10.1. The Kier molecular flexibility index (Phi) is 4.06. The van der Waals surface area contributed by atoms with Gasteiger partial charge in [0.2, 0.25) is 0 Å². The molecule has 1 aromatic heterocycles. The van der Waals surface area contributed by atoms with E-state index in [1.54, 1.807) is 25.3 Å². The Morgan fingerprint density at radius 3 is 2.69 bits per heavy atom. The largest absolute Gasteiger partial charge is 0.481 e. The second-order valence-electron chi connectivity index (χ2n) is 4.21. The molecular formula is C11H15NO3S. The Labute approximate surface area is 98.3 Å². The fourth-order valence-corrected chi connectivity index (χ4v) is 1.73. The number of carboxylic acid groups (broad SMARTS) is 1. The molecule has 5 heteroatoms. The van der Waals surface area contributed by atoms with Crippen molar-refractivity contribution in [2.45, 2.75) is 20.3 Å². The molecule has 0 atom stereocenters. The summed E-state index contributed by atoms with van der Waals surface area (Å²) in [6.45, 7) is 3.66. The van der Waals surface area contributed by atoms with E-state index in [1.807, 2.05) is 5.38 Å². The van der Waals surface area contributed by atoms with Gasteiger partial charge in [0.15, 0.2) is 0 Å². The number of aliphatic carboxylic acids is 1. The standard InChI is InChI=1S/C11H15NO3S/c1-11(2,10(14)15)4-5-12-9(13)8-3-6-16-7-8/h3,6-7H,4-5H2,1-2H3,(H,12,13)(H,14,15). The van der Waals surface area contributed by atoms with Gasteiger partial charge < -0.3 is 10.4 Å². The van der Waals surface area contributed by atoms with Crippen LogP contribution < -0.4 is 5.32 Å². The van der Waals surface area contributed by atoms with E-state index in [0.29, 0.717) is 18.5 Å². The van der Waals surface area contributed by atoms with Crippen molar-refractivity contribution < 1.29 is 14.7 Å². The van der Waals surface area contributed by atoms with Gasteiger partial charge in [0.1, 0.15) is 0 Å². The summed E-state index contributed by atoms with van der Waals surface area (Å²) < 4.78 is 0. The van der Waals surface area contributed by atoms with E-state index in [2.05, 4.69) is 5.32 Å². The zero-order valence-electron chi connectivity index (χ0n) is 9.32. The van der Waals surface area contributed by atoms with Gasteiger partial charge in [0.05, 0.1) is 5.41 Å². The van der Waals surface area contributed by atoms with E-state index < -0.39 is 11.4 Å². The molecule has 1 heterocycles. The van der Waals surface area contributed by atoms with Gasteiger partial charge in [0.25, 0.3) is 5.91 Å². The number of carbonyl (C=O) groups is 2. The molecule has 0 saturated heterocycles. The summed E-state index contributed by atoms with van der Waals surface area (Å²) in [6.07, 6.45) is 0.415. The Hall–Kier alpha value is -1.36. The smallest absolute Gasteiger partial charge is 0.309 e. The molecule has 0 fully saturated rings. The molecular weight excluding hydrogens is 226 g/mol. The number of nitrogens with one attached hydrogen (secondary N) is 1. The van der Waals surface area contributed by atoms with E-state index in [4.69, 9.17) is 5.11 Å². The van der Waals surface area contributed by atoms with Crippen LogP contribution in [0, 0.1) is 5.41 Å². The Balaban J connectivity index is 2.37. The maximum Gasteiger partial charge on any atom is 0.309 e. The van der Waals surface area contributed by atoms with E-state index >= 15 is 0 Å². The lowest BCUT2D eigenvalue weighted by Gasteiger charge is -2.18. The highest BCUT2D eigenvalue weighted by atomic mass is 32.1. The topological polar surface area (TPSA) is 66.4 Å². The fourth-order valence-electron chi connectivity index (χ4n) is 1.09. The van der Waals surface area contributed by atoms with Crippen molar-refractivity contribution >= 4 is 23.2 Å². The minimum absolute atomic E-state index is 0.151. The number of thiophene rings is 1. The molecule has 0 aliphatic rings. The highest BCUT2D eigenvalue weighted by Crippen LogP contribution is 2.19. The normalized spacial score (nSPS) is 11.1. The van der Waals surface area contributed by atoms with Gasteiger partial charge >= 0.3 is 5.97 Å². The van der Waals surface area contributed by atoms with E-state index in [9.17, 15) is 9.59 Å². The lowest BCUT2D eigenvalue weighted by atomic mass is 9.90. The summed E-state index contributed by atoms with van der Waals surface area (Å²) >= 11 is 1.46. The lowest BCUT2D eigenvalue weighted by molar-refractivity contribution is -0.147. The van der Waals surface area contributed by atoms with Crippen molar-refractivity contribution in [1.82, 2.24) is 5.32 Å². The molecule has 2 N–H and O–H groups in total. The molecule has 0 aromatic carbocycles. The lowest BCUT2D eigenvalue weighted by Crippen LogP contribution is -2.31. The van der Waals surface area contributed by atoms with Crippen molar-refractivity contribution in [3.05, 3.63) is 22.4 Å². The molecule has 1 aromatic rings. The SMILES string of the molecule is CC(C)(CCNC(=O)c1ccsc1)C(=O)O. The van der Waals surface area contributed by atoms with Gasteiger partial charge in [-0.15, -0.1) is 0 Å². The van der Waals surface area contributed by atoms with Gasteiger partial charge in [-0.3, -0.25) is 9.59 Å². The van der Waals surface area contributed by atoms with E-state index in [-0.39, 0.29) is 5.91 Å². The van der Waals surface area contributed by atoms with Crippen LogP contribution in [-0.2, 0) is 4.79 Å². The summed E-state index contributed by atoms with van der Waals surface area (Å²) in [4.78, 5) is 22.3. The van der Waals surface area contributed by atoms with Crippen molar-refractivity contribution in [3.8, 4) is 0 Å². The number of carbonyl (C=O) groups excluding carboxylic acids is 1. The summed E-state index contributed by atoms with van der Waals surface area (Å²) in [5, 5.41) is 15.2. The molecule has 16 heavy (non-hydrogen) atoms. The second kappa shape index (κ2) is 5.12. The van der Waals surface area contributed by atoms with Gasteiger partial charge in [-0.1, -0.05) is 0 Å². The Morgan fingerprint density at radius 2 is 2.19 bits per heavy atom. The quantitative estimate of drug-likeness (QED) is 0.828. The molecule has 0 spiro atoms. The van der Waals surface area contributed by atoms with Crippen LogP contribution in [0.4, 0.5) is 0 Å². The number of hydrogen-bond acceptors (Lipinski definition) is 3. The third-order valence-corrected chi connectivity index (χ3v) is 3.08. The first-order valence-corrected chi connectivity index (χ1v) is 5.91. The highest BCUT2D eigenvalue weighted by Gasteiger charge is 2.26. The van der Waals surface area contributed by atoms with Crippen molar-refractivity contribution in [2.24, 2.45) is 5.41 Å². The number of hydrogen-bond donors (Lipinski definition) is 2. The van der Waals surface area contributed by atoms with Crippen molar-refractivity contribution in [3.63, 3.8) is 0 Å². The molecule has 1 amide bonds. The Bertz CT molecular complexity index is 371. The van der Waals surface area contributed by atoms with Crippen LogP contribution in [0.15, 0.2) is 16.8 Å². The minimum atomic E-state index is -0.850. The van der Waals surface area contributed by atoms with Crippen LogP contribution in [-0.4, -0.2) is 23.5 Å². The molecule has 0 aliphatic carbocycles. The number of carboxylic acids is 1. The predicted molar refractivity (Wildman–Crippen MR) is 62.7 cm³/mol. The first-order valence-electron chi connectivity index (χ1n) is 4.97. The molecule has 0 saturated carbocycles. The summed E-state index contributed by atoms with van der Waals surface area (Å²) in [5.74, 6) is -1.00. The molecule has 0 radical (unpaired) electrons. The predicted octanol–water partition coefficient (Wildman–Crippen LogP) is 1.98. The average molecular weight is 241 g/mol. The van der Waals surface area contributed by atoms with Crippen molar-refractivity contribution in [1.29, 1.82) is 0 Å². The third-order valence-electron chi connectivity index (χ3n) is 2.40. The minimum Gasteiger partial charge on any atom is -0.481 e. The van der Waals surface area contributed by atoms with E-state index in [0.717, 1.165) is 0 Å². The van der Waals surface area contributed by atoms with E-state index in [1.165, 1.54) is 11.3 Å². The molecule has 0 aliphatic heterocycles. The summed E-state index contributed by atoms with van der Waals surface area (Å²) in [7, 11) is 0. The van der Waals surface area contributed by atoms with Crippen LogP contribution in [0.2, 0.25) is 0 Å². The highest BCUT2D eigenvalue weighted by molar-refractivity contribution is 7.08. The number of amides is 1. The first-order chi connectivity index (χ1) is 7.43. The zero-order chi connectivity index (χ0) is 12.2. The van der Waals surface area contributed by atoms with Crippen LogP contribution in [0.25, 0.3) is 0 Å². The fraction of sp³-hybridized carbons (Fsp3) is 0.455. The third kappa shape index (κ3) is 3.34. The molecule has 0 unspecified atom stereocenters.